The van der Waals surface area contributed by atoms with Crippen LogP contribution in [0.4, 0.5) is 0 Å². The molecule has 16 heavy (non-hydrogen) atoms. The summed E-state index contributed by atoms with van der Waals surface area (Å²) in [5.74, 6) is 1.83. The number of nitrogens with zero attached hydrogens (tertiary/aromatic N) is 1. The van der Waals surface area contributed by atoms with E-state index in [-0.39, 0.29) is 28.5 Å². The van der Waals surface area contributed by atoms with E-state index in [0.29, 0.717) is 6.61 Å². The van der Waals surface area contributed by atoms with E-state index >= 15 is 0 Å². The van der Waals surface area contributed by atoms with Gasteiger partial charge in [-0.2, -0.15) is 7.05 Å². The molecule has 1 aliphatic carbocycles. The van der Waals surface area contributed by atoms with Crippen molar-refractivity contribution >= 4 is 0 Å². The molecule has 0 unspecified atom stereocenters. The molecule has 1 fully saturated rings. The van der Waals surface area contributed by atoms with Crippen molar-refractivity contribution < 1.29 is 26.2 Å². The monoisotopic (exact) mass is 397 g/mol. The molecule has 2 nitrogen and oxygen atoms in total. The maximum Gasteiger partial charge on any atom is 2.00 e. The summed E-state index contributed by atoms with van der Waals surface area (Å²) < 4.78 is 0. The molecule has 0 bridgehead atoms. The largest absolute Gasteiger partial charge is 2.00 e. The number of aliphatic hydroxyl groups excluding tert-OH is 1. The van der Waals surface area contributed by atoms with Gasteiger partial charge in [0.15, 0.2) is 0 Å². The summed E-state index contributed by atoms with van der Waals surface area (Å²) in [6.45, 7) is 1.42. The van der Waals surface area contributed by atoms with Gasteiger partial charge in [-0.15, -0.1) is 6.54 Å². The maximum absolute atomic E-state index is 8.75. The Labute approximate surface area is 116 Å². The molecule has 0 aromatic rings. The van der Waals surface area contributed by atoms with Crippen molar-refractivity contribution in [2.24, 2.45) is 11.8 Å². The van der Waals surface area contributed by atoms with E-state index in [1.54, 1.807) is 0 Å². The Morgan fingerprint density at radius 1 is 1.06 bits per heavy atom. The quantitative estimate of drug-likeness (QED) is 0.685. The van der Waals surface area contributed by atoms with E-state index in [2.05, 4.69) is 5.32 Å². The molecule has 0 saturated heterocycles. The standard InChI is InChI=1S/C12H24NO.CH3.W/c1-13-9-8-12-6-4-11(5-7-12)3-2-10-14;;/h11-12,14H,2-10H2,1H3;1H3;/q2*-1;+2. The van der Waals surface area contributed by atoms with Crippen LogP contribution in [0.5, 0.6) is 0 Å². The average molecular weight is 397 g/mol. The van der Waals surface area contributed by atoms with Crippen molar-refractivity contribution in [3.8, 4) is 0 Å². The first-order chi connectivity index (χ1) is 6.86. The van der Waals surface area contributed by atoms with Gasteiger partial charge in [-0.1, -0.05) is 32.1 Å². The van der Waals surface area contributed by atoms with Gasteiger partial charge in [0.05, 0.1) is 0 Å². The predicted molar refractivity (Wildman–Crippen MR) is 66.9 cm³/mol. The zero-order valence-electron chi connectivity index (χ0n) is 10.8. The van der Waals surface area contributed by atoms with Gasteiger partial charge >= 0.3 is 21.1 Å². The molecule has 0 atom stereocenters. The first-order valence-electron chi connectivity index (χ1n) is 6.03. The van der Waals surface area contributed by atoms with Crippen molar-refractivity contribution in [1.29, 1.82) is 0 Å². The van der Waals surface area contributed by atoms with E-state index in [9.17, 15) is 0 Å². The molecule has 96 valence electrons. The topological polar surface area (TPSA) is 34.3 Å². The smallest absolute Gasteiger partial charge is 0.665 e. The molecule has 1 saturated carbocycles. The van der Waals surface area contributed by atoms with Gasteiger partial charge in [0.1, 0.15) is 0 Å². The molecule has 0 aromatic heterocycles. The van der Waals surface area contributed by atoms with Gasteiger partial charge in [0.25, 0.3) is 0 Å². The summed E-state index contributed by atoms with van der Waals surface area (Å²) in [7, 11) is 1.91. The van der Waals surface area contributed by atoms with Gasteiger partial charge in [0.2, 0.25) is 0 Å². The Morgan fingerprint density at radius 3 is 2.00 bits per heavy atom. The molecule has 0 spiro atoms. The summed E-state index contributed by atoms with van der Waals surface area (Å²) in [6, 6.07) is 0. The minimum Gasteiger partial charge on any atom is -0.665 e. The Bertz CT molecular complexity index is 120. The van der Waals surface area contributed by atoms with Crippen molar-refractivity contribution in [2.75, 3.05) is 20.2 Å². The van der Waals surface area contributed by atoms with E-state index in [0.717, 1.165) is 24.8 Å². The number of aliphatic hydroxyl groups is 1. The molecule has 0 aromatic carbocycles. The molecule has 0 heterocycles. The van der Waals surface area contributed by atoms with E-state index < -0.39 is 0 Å². The van der Waals surface area contributed by atoms with E-state index in [1.165, 1.54) is 38.5 Å². The number of hydrogen-bond acceptors (Lipinski definition) is 1. The Hall–Kier alpha value is 0.608. The number of rotatable bonds is 6. The third-order valence-electron chi connectivity index (χ3n) is 3.50. The SMILES string of the molecule is C[N-]CCC1CCC(CCCO)CC1.[CH3-].[W+2]. The van der Waals surface area contributed by atoms with Crippen LogP contribution in [-0.2, 0) is 21.1 Å². The van der Waals surface area contributed by atoms with E-state index in [1.807, 2.05) is 7.05 Å². The normalized spacial score (nSPS) is 24.4. The van der Waals surface area contributed by atoms with Gasteiger partial charge in [0, 0.05) is 6.61 Å². The summed E-state index contributed by atoms with van der Waals surface area (Å²) >= 11 is 0. The average Bonchev–Trinajstić information content (AvgIpc) is 2.25. The number of hydrogen-bond donors (Lipinski definition) is 1. The third-order valence-corrected chi connectivity index (χ3v) is 3.50. The second-order valence-electron chi connectivity index (χ2n) is 4.58. The fraction of sp³-hybridized carbons (Fsp3) is 0.923. The summed E-state index contributed by atoms with van der Waals surface area (Å²) in [5, 5.41) is 12.9. The van der Waals surface area contributed by atoms with Crippen LogP contribution in [0.1, 0.15) is 44.9 Å². The molecule has 0 radical (unpaired) electrons. The maximum atomic E-state index is 8.75. The van der Waals surface area contributed by atoms with Crippen molar-refractivity contribution in [1.82, 2.24) is 0 Å². The molecular weight excluding hydrogens is 370 g/mol. The second kappa shape index (κ2) is 12.1. The first kappa shape index (κ1) is 19.0. The fourth-order valence-electron chi connectivity index (χ4n) is 2.50. The molecule has 1 N–H and O–H groups in total. The van der Waals surface area contributed by atoms with Crippen LogP contribution in [0.3, 0.4) is 0 Å². The molecule has 0 amide bonds. The minimum absolute atomic E-state index is 0. The Kier molecular flexibility index (Phi) is 14.3. The van der Waals surface area contributed by atoms with Gasteiger partial charge in [-0.05, 0) is 24.7 Å². The second-order valence-corrected chi connectivity index (χ2v) is 4.58. The van der Waals surface area contributed by atoms with Crippen LogP contribution in [0.2, 0.25) is 0 Å². The van der Waals surface area contributed by atoms with Crippen LogP contribution in [0, 0.1) is 19.3 Å². The van der Waals surface area contributed by atoms with Crippen LogP contribution in [-0.4, -0.2) is 25.3 Å². The van der Waals surface area contributed by atoms with Crippen molar-refractivity contribution in [3.05, 3.63) is 12.7 Å². The third kappa shape index (κ3) is 7.81. The Balaban J connectivity index is 0. The van der Waals surface area contributed by atoms with E-state index in [4.69, 9.17) is 5.11 Å². The molecule has 3 heteroatoms. The van der Waals surface area contributed by atoms with Gasteiger partial charge in [-0.3, -0.25) is 0 Å². The minimum atomic E-state index is 0. The predicted octanol–water partition coefficient (Wildman–Crippen LogP) is 3.41. The summed E-state index contributed by atoms with van der Waals surface area (Å²) in [4.78, 5) is 0. The summed E-state index contributed by atoms with van der Waals surface area (Å²) in [5.41, 5.74) is 0. The first-order valence-corrected chi connectivity index (χ1v) is 6.03. The molecular formula is C13H27NOW. The van der Waals surface area contributed by atoms with Gasteiger partial charge < -0.3 is 17.8 Å². The zero-order valence-corrected chi connectivity index (χ0v) is 13.8. The molecule has 0 aliphatic heterocycles. The fourth-order valence-corrected chi connectivity index (χ4v) is 2.50. The van der Waals surface area contributed by atoms with Crippen molar-refractivity contribution in [2.45, 2.75) is 44.9 Å². The Morgan fingerprint density at radius 2 is 1.56 bits per heavy atom. The molecule has 1 rings (SSSR count). The van der Waals surface area contributed by atoms with Crippen LogP contribution >= 0.6 is 0 Å². The van der Waals surface area contributed by atoms with Crippen LogP contribution in [0.15, 0.2) is 0 Å². The van der Waals surface area contributed by atoms with Crippen LogP contribution < -0.4 is 0 Å². The van der Waals surface area contributed by atoms with Crippen LogP contribution in [0.25, 0.3) is 5.32 Å². The van der Waals surface area contributed by atoms with Gasteiger partial charge in [-0.25, -0.2) is 0 Å². The zero-order chi connectivity index (χ0) is 10.2. The summed E-state index contributed by atoms with van der Waals surface area (Å²) in [6.07, 6.45) is 9.09. The van der Waals surface area contributed by atoms with Crippen molar-refractivity contribution in [3.63, 3.8) is 0 Å². The molecule has 1 aliphatic rings.